The standard InChI is InChI=1S/C26H27Cl2N5O6/c27-17-13-29-14-18(28)21(17)26(39)30-16-4-2-15(3-5-16)19(12-20(35)36)31-22-23(25(38)24(22)37)33-9-7-32(8-10-33)6-1-11-34/h2-5,13-14,19,31,34H,1,6-12H2,(H,30,39)(H,35,36). The van der Waals surface area contributed by atoms with Crippen molar-refractivity contribution in [3.8, 4) is 0 Å². The molecule has 39 heavy (non-hydrogen) atoms. The smallest absolute Gasteiger partial charge is 0.305 e. The topological polar surface area (TPSA) is 152 Å². The molecular formula is C26H27Cl2N5O6. The number of nitrogens with one attached hydrogen (secondary N) is 2. The average molecular weight is 576 g/mol. The molecule has 0 spiro atoms. The molecule has 0 saturated carbocycles. The molecule has 1 saturated heterocycles. The summed E-state index contributed by atoms with van der Waals surface area (Å²) in [6.07, 6.45) is 2.93. The molecule has 3 aromatic rings. The minimum absolute atomic E-state index is 0.0738. The number of aliphatic hydroxyl groups is 1. The summed E-state index contributed by atoms with van der Waals surface area (Å²) >= 11 is 12.1. The van der Waals surface area contributed by atoms with E-state index in [9.17, 15) is 24.3 Å². The number of aliphatic hydroxyl groups excluding tert-OH is 1. The number of hydrogen-bond donors (Lipinski definition) is 4. The summed E-state index contributed by atoms with van der Waals surface area (Å²) in [7, 11) is 0. The lowest BCUT2D eigenvalue weighted by Crippen LogP contribution is -2.51. The lowest BCUT2D eigenvalue weighted by atomic mass is 10.0. The van der Waals surface area contributed by atoms with Crippen LogP contribution in [-0.2, 0) is 4.79 Å². The van der Waals surface area contributed by atoms with Crippen molar-refractivity contribution in [2.75, 3.05) is 54.9 Å². The van der Waals surface area contributed by atoms with E-state index in [4.69, 9.17) is 28.3 Å². The number of carbonyl (C=O) groups is 2. The van der Waals surface area contributed by atoms with Crippen LogP contribution in [0.2, 0.25) is 10.0 Å². The van der Waals surface area contributed by atoms with Crippen LogP contribution in [0.1, 0.15) is 34.8 Å². The van der Waals surface area contributed by atoms with E-state index in [1.165, 1.54) is 12.4 Å². The maximum absolute atomic E-state index is 12.6. The molecule has 0 bridgehead atoms. The van der Waals surface area contributed by atoms with Gasteiger partial charge in [0, 0.05) is 57.4 Å². The molecule has 4 rings (SSSR count). The molecule has 11 nitrogen and oxygen atoms in total. The van der Waals surface area contributed by atoms with Crippen LogP contribution in [0.25, 0.3) is 0 Å². The molecule has 1 fully saturated rings. The number of nitrogens with zero attached hydrogens (tertiary/aromatic N) is 3. The summed E-state index contributed by atoms with van der Waals surface area (Å²) in [5.74, 6) is -1.63. The highest BCUT2D eigenvalue weighted by Gasteiger charge is 2.30. The zero-order chi connectivity index (χ0) is 28.1. The minimum Gasteiger partial charge on any atom is -0.481 e. The van der Waals surface area contributed by atoms with Gasteiger partial charge in [0.25, 0.3) is 16.8 Å². The Morgan fingerprint density at radius 1 is 1.00 bits per heavy atom. The van der Waals surface area contributed by atoms with Crippen LogP contribution < -0.4 is 26.4 Å². The molecule has 0 aliphatic carbocycles. The van der Waals surface area contributed by atoms with E-state index in [2.05, 4.69) is 20.5 Å². The Morgan fingerprint density at radius 2 is 1.64 bits per heavy atom. The van der Waals surface area contributed by atoms with Gasteiger partial charge >= 0.3 is 5.97 Å². The van der Waals surface area contributed by atoms with Crippen LogP contribution >= 0.6 is 23.2 Å². The number of benzene rings is 1. The van der Waals surface area contributed by atoms with Crippen molar-refractivity contribution in [2.45, 2.75) is 18.9 Å². The SMILES string of the molecule is O=C(O)CC(Nc1c(N2CCN(CCCO)CC2)c(=O)c1=O)c1ccc(NC(=O)c2c(Cl)cncc2Cl)cc1. The molecule has 1 atom stereocenters. The lowest BCUT2D eigenvalue weighted by molar-refractivity contribution is -0.137. The second-order valence-electron chi connectivity index (χ2n) is 9.14. The molecule has 1 aromatic heterocycles. The number of aromatic nitrogens is 1. The number of rotatable bonds is 11. The van der Waals surface area contributed by atoms with Crippen molar-refractivity contribution in [3.63, 3.8) is 0 Å². The molecule has 1 aliphatic heterocycles. The van der Waals surface area contributed by atoms with Gasteiger partial charge in [-0.2, -0.15) is 0 Å². The molecule has 2 aromatic carbocycles. The number of pyridine rings is 1. The zero-order valence-corrected chi connectivity index (χ0v) is 22.3. The van der Waals surface area contributed by atoms with Crippen molar-refractivity contribution in [1.82, 2.24) is 9.88 Å². The highest BCUT2D eigenvalue weighted by atomic mass is 35.5. The summed E-state index contributed by atoms with van der Waals surface area (Å²) in [5.41, 5.74) is 0.130. The van der Waals surface area contributed by atoms with E-state index >= 15 is 0 Å². The molecule has 206 valence electrons. The fourth-order valence-electron chi connectivity index (χ4n) is 4.53. The van der Waals surface area contributed by atoms with Gasteiger partial charge in [-0.25, -0.2) is 0 Å². The first-order chi connectivity index (χ1) is 18.7. The van der Waals surface area contributed by atoms with Gasteiger partial charge in [-0.15, -0.1) is 0 Å². The van der Waals surface area contributed by atoms with E-state index in [1.54, 1.807) is 24.3 Å². The Balaban J connectivity index is 1.48. The third kappa shape index (κ3) is 6.56. The van der Waals surface area contributed by atoms with Crippen LogP contribution in [-0.4, -0.2) is 71.3 Å². The number of carbonyl (C=O) groups excluding carboxylic acids is 1. The Morgan fingerprint density at radius 3 is 2.23 bits per heavy atom. The van der Waals surface area contributed by atoms with E-state index in [1.807, 2.05) is 4.90 Å². The first kappa shape index (κ1) is 28.5. The second-order valence-corrected chi connectivity index (χ2v) is 9.95. The van der Waals surface area contributed by atoms with Gasteiger partial charge in [0.2, 0.25) is 0 Å². The largest absolute Gasteiger partial charge is 0.481 e. The number of piperazine rings is 1. The van der Waals surface area contributed by atoms with Crippen LogP contribution in [0.3, 0.4) is 0 Å². The van der Waals surface area contributed by atoms with E-state index < -0.39 is 28.8 Å². The number of amides is 1. The monoisotopic (exact) mass is 575 g/mol. The molecule has 1 amide bonds. The second kappa shape index (κ2) is 12.6. The molecule has 1 unspecified atom stereocenters. The molecule has 13 heteroatoms. The first-order valence-electron chi connectivity index (χ1n) is 12.3. The average Bonchev–Trinajstić information content (AvgIpc) is 2.91. The summed E-state index contributed by atoms with van der Waals surface area (Å²) in [6.45, 7) is 3.29. The Bertz CT molecular complexity index is 1400. The van der Waals surface area contributed by atoms with Gasteiger partial charge in [-0.3, -0.25) is 29.1 Å². The Hall–Kier alpha value is -3.51. The quantitative estimate of drug-likeness (QED) is 0.251. The number of hydrogen-bond acceptors (Lipinski definition) is 9. The van der Waals surface area contributed by atoms with E-state index in [0.29, 0.717) is 43.9 Å². The predicted molar refractivity (Wildman–Crippen MR) is 149 cm³/mol. The fourth-order valence-corrected chi connectivity index (χ4v) is 5.06. The van der Waals surface area contributed by atoms with Crippen LogP contribution in [0.4, 0.5) is 17.1 Å². The van der Waals surface area contributed by atoms with Crippen molar-refractivity contribution in [3.05, 3.63) is 78.3 Å². The van der Waals surface area contributed by atoms with Gasteiger partial charge in [-0.1, -0.05) is 35.3 Å². The van der Waals surface area contributed by atoms with E-state index in [0.717, 1.165) is 6.54 Å². The normalized spacial score (nSPS) is 14.8. The van der Waals surface area contributed by atoms with Crippen LogP contribution in [0.5, 0.6) is 0 Å². The molecule has 2 heterocycles. The van der Waals surface area contributed by atoms with Crippen molar-refractivity contribution in [1.29, 1.82) is 0 Å². The highest BCUT2D eigenvalue weighted by Crippen LogP contribution is 2.29. The molecule has 1 aliphatic rings. The van der Waals surface area contributed by atoms with Gasteiger partial charge < -0.3 is 25.7 Å². The Labute approximate surface area is 233 Å². The number of carboxylic acid groups (broad SMARTS) is 1. The zero-order valence-electron chi connectivity index (χ0n) is 20.8. The fraction of sp³-hybridized carbons (Fsp3) is 0.346. The number of anilines is 3. The Kier molecular flexibility index (Phi) is 9.18. The van der Waals surface area contributed by atoms with E-state index in [-0.39, 0.29) is 40.0 Å². The van der Waals surface area contributed by atoms with Crippen molar-refractivity contribution in [2.24, 2.45) is 0 Å². The molecule has 4 N–H and O–H groups in total. The van der Waals surface area contributed by atoms with Gasteiger partial charge in [-0.05, 0) is 24.1 Å². The van der Waals surface area contributed by atoms with Gasteiger partial charge in [0.05, 0.1) is 28.1 Å². The lowest BCUT2D eigenvalue weighted by Gasteiger charge is -2.37. The number of halogens is 2. The maximum atomic E-state index is 12.6. The number of aliphatic carboxylic acids is 1. The van der Waals surface area contributed by atoms with Gasteiger partial charge in [0.1, 0.15) is 11.4 Å². The van der Waals surface area contributed by atoms with Crippen LogP contribution in [0.15, 0.2) is 46.2 Å². The summed E-state index contributed by atoms with van der Waals surface area (Å²) in [4.78, 5) is 57.1. The number of carboxylic acids is 1. The minimum atomic E-state index is -1.09. The molecule has 0 radical (unpaired) electrons. The summed E-state index contributed by atoms with van der Waals surface area (Å²) < 4.78 is 0. The third-order valence-electron chi connectivity index (χ3n) is 6.55. The highest BCUT2D eigenvalue weighted by molar-refractivity contribution is 6.40. The maximum Gasteiger partial charge on any atom is 0.305 e. The summed E-state index contributed by atoms with van der Waals surface area (Å²) in [5, 5.41) is 24.4. The van der Waals surface area contributed by atoms with Crippen molar-refractivity contribution >= 4 is 52.1 Å². The predicted octanol–water partition coefficient (Wildman–Crippen LogP) is 2.37. The third-order valence-corrected chi connectivity index (χ3v) is 7.13. The van der Waals surface area contributed by atoms with Gasteiger partial charge in [0.15, 0.2) is 0 Å². The first-order valence-corrected chi connectivity index (χ1v) is 13.0. The summed E-state index contributed by atoms with van der Waals surface area (Å²) in [6, 6.07) is 5.61. The van der Waals surface area contributed by atoms with Crippen LogP contribution in [0, 0.1) is 0 Å². The van der Waals surface area contributed by atoms with Crippen molar-refractivity contribution < 1.29 is 19.8 Å². The molecular weight excluding hydrogens is 549 g/mol.